The van der Waals surface area contributed by atoms with E-state index in [0.717, 1.165) is 37.9 Å². The number of nitrogens with one attached hydrogen (secondary N) is 1. The van der Waals surface area contributed by atoms with Gasteiger partial charge in [0.2, 0.25) is 0 Å². The van der Waals surface area contributed by atoms with Gasteiger partial charge in [-0.15, -0.1) is 0 Å². The highest BCUT2D eigenvalue weighted by molar-refractivity contribution is 9.10. The van der Waals surface area contributed by atoms with Crippen molar-refractivity contribution in [3.63, 3.8) is 0 Å². The third-order valence-electron chi connectivity index (χ3n) is 2.98. The van der Waals surface area contributed by atoms with Gasteiger partial charge in [-0.25, -0.2) is 0 Å². The molecular weight excluding hydrogens is 266 g/mol. The van der Waals surface area contributed by atoms with E-state index in [1.807, 2.05) is 26.0 Å². The standard InChI is InChI=1S/C12H14BrN3/c1-6-8(3)15-11-7(2)10(13)5-4-9(11)12(6)16-14/h4-5H,14H2,1-3H3,(H,15,16). The van der Waals surface area contributed by atoms with Crippen LogP contribution in [0.5, 0.6) is 0 Å². The molecule has 3 nitrogen and oxygen atoms in total. The largest absolute Gasteiger partial charge is 0.323 e. The van der Waals surface area contributed by atoms with Crippen molar-refractivity contribution in [2.45, 2.75) is 20.8 Å². The van der Waals surface area contributed by atoms with Gasteiger partial charge in [0.15, 0.2) is 0 Å². The second-order valence-corrected chi connectivity index (χ2v) is 4.76. The Morgan fingerprint density at radius 3 is 2.50 bits per heavy atom. The minimum absolute atomic E-state index is 0.957. The van der Waals surface area contributed by atoms with Gasteiger partial charge in [0, 0.05) is 15.6 Å². The maximum atomic E-state index is 5.58. The Hall–Kier alpha value is -1.13. The average molecular weight is 280 g/mol. The fraction of sp³-hybridized carbons (Fsp3) is 0.250. The Morgan fingerprint density at radius 2 is 1.88 bits per heavy atom. The minimum Gasteiger partial charge on any atom is -0.323 e. The summed E-state index contributed by atoms with van der Waals surface area (Å²) in [5.41, 5.74) is 7.95. The van der Waals surface area contributed by atoms with Crippen molar-refractivity contribution in [3.8, 4) is 0 Å². The zero-order chi connectivity index (χ0) is 11.9. The number of hydrogen-bond acceptors (Lipinski definition) is 3. The van der Waals surface area contributed by atoms with Gasteiger partial charge >= 0.3 is 0 Å². The van der Waals surface area contributed by atoms with Crippen molar-refractivity contribution in [1.82, 2.24) is 4.98 Å². The predicted molar refractivity (Wildman–Crippen MR) is 71.5 cm³/mol. The van der Waals surface area contributed by atoms with Crippen LogP contribution in [0.15, 0.2) is 16.6 Å². The molecule has 4 heteroatoms. The van der Waals surface area contributed by atoms with Gasteiger partial charge < -0.3 is 5.43 Å². The lowest BCUT2D eigenvalue weighted by Gasteiger charge is -2.13. The lowest BCUT2D eigenvalue weighted by Crippen LogP contribution is -2.10. The van der Waals surface area contributed by atoms with Gasteiger partial charge in [-0.3, -0.25) is 10.8 Å². The van der Waals surface area contributed by atoms with Crippen LogP contribution < -0.4 is 11.3 Å². The maximum absolute atomic E-state index is 5.58. The molecule has 0 amide bonds. The molecule has 0 fully saturated rings. The molecule has 0 spiro atoms. The second-order valence-electron chi connectivity index (χ2n) is 3.91. The predicted octanol–water partition coefficient (Wildman–Crippen LogP) is 3.21. The first-order chi connectivity index (χ1) is 7.56. The van der Waals surface area contributed by atoms with Crippen molar-refractivity contribution in [1.29, 1.82) is 0 Å². The summed E-state index contributed by atoms with van der Waals surface area (Å²) in [6.45, 7) is 6.07. The van der Waals surface area contributed by atoms with Crippen molar-refractivity contribution < 1.29 is 0 Å². The van der Waals surface area contributed by atoms with Crippen LogP contribution >= 0.6 is 15.9 Å². The molecule has 1 aromatic heterocycles. The molecule has 1 aromatic carbocycles. The Morgan fingerprint density at radius 1 is 1.19 bits per heavy atom. The molecule has 2 aromatic rings. The van der Waals surface area contributed by atoms with Gasteiger partial charge in [0.25, 0.3) is 0 Å². The van der Waals surface area contributed by atoms with Gasteiger partial charge in [-0.1, -0.05) is 15.9 Å². The number of fused-ring (bicyclic) bond motifs is 1. The van der Waals surface area contributed by atoms with Gasteiger partial charge in [-0.05, 0) is 44.0 Å². The lowest BCUT2D eigenvalue weighted by molar-refractivity contribution is 1.17. The lowest BCUT2D eigenvalue weighted by atomic mass is 10.0. The van der Waals surface area contributed by atoms with Crippen molar-refractivity contribution in [2.75, 3.05) is 5.43 Å². The summed E-state index contributed by atoms with van der Waals surface area (Å²) in [6.07, 6.45) is 0. The smallest absolute Gasteiger partial charge is 0.0767 e. The molecule has 3 N–H and O–H groups in total. The van der Waals surface area contributed by atoms with E-state index in [4.69, 9.17) is 5.84 Å². The molecule has 0 atom stereocenters. The molecule has 0 aliphatic rings. The van der Waals surface area contributed by atoms with E-state index >= 15 is 0 Å². The first kappa shape index (κ1) is 11.4. The monoisotopic (exact) mass is 279 g/mol. The number of aromatic nitrogens is 1. The van der Waals surface area contributed by atoms with E-state index in [-0.39, 0.29) is 0 Å². The zero-order valence-electron chi connectivity index (χ0n) is 9.56. The fourth-order valence-electron chi connectivity index (χ4n) is 1.84. The zero-order valence-corrected chi connectivity index (χ0v) is 11.1. The Labute approximate surface area is 103 Å². The van der Waals surface area contributed by atoms with Crippen LogP contribution in [0, 0.1) is 20.8 Å². The normalized spacial score (nSPS) is 10.8. The number of nitrogens with zero attached hydrogens (tertiary/aromatic N) is 1. The average Bonchev–Trinajstić information content (AvgIpc) is 2.27. The van der Waals surface area contributed by atoms with Crippen LogP contribution in [-0.4, -0.2) is 4.98 Å². The highest BCUT2D eigenvalue weighted by atomic mass is 79.9. The number of nitrogens with two attached hydrogens (primary N) is 1. The van der Waals surface area contributed by atoms with Gasteiger partial charge in [0.1, 0.15) is 0 Å². The Balaban J connectivity index is 2.96. The van der Waals surface area contributed by atoms with E-state index in [9.17, 15) is 0 Å². The van der Waals surface area contributed by atoms with Crippen molar-refractivity contribution in [3.05, 3.63) is 33.4 Å². The van der Waals surface area contributed by atoms with E-state index in [1.165, 1.54) is 0 Å². The van der Waals surface area contributed by atoms with E-state index in [0.29, 0.717) is 0 Å². The molecule has 0 radical (unpaired) electrons. The van der Waals surface area contributed by atoms with Gasteiger partial charge in [-0.2, -0.15) is 0 Å². The molecule has 0 saturated heterocycles. The number of benzene rings is 1. The summed E-state index contributed by atoms with van der Waals surface area (Å²) >= 11 is 3.51. The first-order valence-electron chi connectivity index (χ1n) is 5.09. The minimum atomic E-state index is 0.957. The summed E-state index contributed by atoms with van der Waals surface area (Å²) in [5, 5.41) is 1.06. The molecule has 1 heterocycles. The Bertz CT molecular complexity index is 564. The number of hydrazine groups is 1. The number of pyridine rings is 1. The van der Waals surface area contributed by atoms with Crippen LogP contribution in [-0.2, 0) is 0 Å². The fourth-order valence-corrected chi connectivity index (χ4v) is 2.16. The molecule has 0 unspecified atom stereocenters. The molecule has 0 saturated carbocycles. The van der Waals surface area contributed by atoms with Crippen LogP contribution in [0.4, 0.5) is 5.69 Å². The Kier molecular flexibility index (Phi) is 2.86. The molecule has 0 aliphatic carbocycles. The number of nitrogen functional groups attached to an aromatic ring is 1. The highest BCUT2D eigenvalue weighted by Crippen LogP contribution is 2.31. The second kappa shape index (κ2) is 4.03. The van der Waals surface area contributed by atoms with Crippen LogP contribution in [0.2, 0.25) is 0 Å². The molecular formula is C12H14BrN3. The van der Waals surface area contributed by atoms with Crippen molar-refractivity contribution >= 4 is 32.5 Å². The molecule has 0 bridgehead atoms. The van der Waals surface area contributed by atoms with Gasteiger partial charge in [0.05, 0.1) is 11.2 Å². The third-order valence-corrected chi connectivity index (χ3v) is 3.83. The third kappa shape index (κ3) is 1.58. The van der Waals surface area contributed by atoms with Crippen molar-refractivity contribution in [2.24, 2.45) is 5.84 Å². The number of anilines is 1. The summed E-state index contributed by atoms with van der Waals surface area (Å²) in [4.78, 5) is 4.62. The van der Waals surface area contributed by atoms with Crippen LogP contribution in [0.25, 0.3) is 10.9 Å². The molecule has 2 rings (SSSR count). The summed E-state index contributed by atoms with van der Waals surface area (Å²) in [5.74, 6) is 5.58. The number of aryl methyl sites for hydroxylation is 2. The summed E-state index contributed by atoms with van der Waals surface area (Å²) in [7, 11) is 0. The molecule has 16 heavy (non-hydrogen) atoms. The first-order valence-corrected chi connectivity index (χ1v) is 5.88. The van der Waals surface area contributed by atoms with E-state index < -0.39 is 0 Å². The number of halogens is 1. The van der Waals surface area contributed by atoms with Crippen LogP contribution in [0.1, 0.15) is 16.8 Å². The number of rotatable bonds is 1. The molecule has 84 valence electrons. The summed E-state index contributed by atoms with van der Waals surface area (Å²) in [6, 6.07) is 4.05. The van der Waals surface area contributed by atoms with E-state index in [2.05, 4.69) is 33.3 Å². The highest BCUT2D eigenvalue weighted by Gasteiger charge is 2.11. The quantitative estimate of drug-likeness (QED) is 0.623. The number of hydrogen-bond donors (Lipinski definition) is 2. The maximum Gasteiger partial charge on any atom is 0.0767 e. The SMILES string of the molecule is Cc1nc2c(C)c(Br)ccc2c(NN)c1C. The summed E-state index contributed by atoms with van der Waals surface area (Å²) < 4.78 is 1.07. The van der Waals surface area contributed by atoms with E-state index in [1.54, 1.807) is 0 Å². The van der Waals surface area contributed by atoms with Crippen LogP contribution in [0.3, 0.4) is 0 Å². The molecule has 0 aliphatic heterocycles. The topological polar surface area (TPSA) is 50.9 Å².